The summed E-state index contributed by atoms with van der Waals surface area (Å²) in [4.78, 5) is 15.4. The molecule has 0 saturated carbocycles. The van der Waals surface area contributed by atoms with Crippen molar-refractivity contribution in [1.82, 2.24) is 4.98 Å². The van der Waals surface area contributed by atoms with E-state index in [4.69, 9.17) is 5.73 Å². The fraction of sp³-hybridized carbons (Fsp3) is 0.400. The fourth-order valence-corrected chi connectivity index (χ4v) is 1.83. The lowest BCUT2D eigenvalue weighted by molar-refractivity contribution is 0.0999. The Hall–Kier alpha value is -1.38. The van der Waals surface area contributed by atoms with Crippen LogP contribution in [0, 0.1) is 6.92 Å². The maximum absolute atomic E-state index is 11.0. The molecule has 1 heterocycles. The summed E-state index contributed by atoms with van der Waals surface area (Å²) in [6, 6.07) is 1.90. The second kappa shape index (κ2) is 2.83. The molecule has 0 spiro atoms. The van der Waals surface area contributed by atoms with Gasteiger partial charge in [-0.05, 0) is 37.8 Å². The van der Waals surface area contributed by atoms with Crippen molar-refractivity contribution in [3.8, 4) is 0 Å². The first-order chi connectivity index (χ1) is 6.18. The minimum absolute atomic E-state index is 0.375. The smallest absolute Gasteiger partial charge is 0.250 e. The van der Waals surface area contributed by atoms with E-state index in [0.717, 1.165) is 30.7 Å². The van der Waals surface area contributed by atoms with Gasteiger partial charge in [-0.25, -0.2) is 0 Å². The molecule has 1 aliphatic rings. The highest BCUT2D eigenvalue weighted by Crippen LogP contribution is 2.22. The summed E-state index contributed by atoms with van der Waals surface area (Å²) >= 11 is 0. The van der Waals surface area contributed by atoms with Crippen LogP contribution in [0.5, 0.6) is 0 Å². The van der Waals surface area contributed by atoms with Crippen molar-refractivity contribution in [3.05, 3.63) is 28.6 Å². The highest BCUT2D eigenvalue weighted by molar-refractivity contribution is 5.94. The number of primary amides is 1. The standard InChI is InChI=1S/C10H12N2O/c1-6-8(10(11)13)5-7-3-2-4-9(7)12-6/h5H,2-4H2,1H3,(H2,11,13). The van der Waals surface area contributed by atoms with Crippen molar-refractivity contribution in [3.63, 3.8) is 0 Å². The zero-order valence-corrected chi connectivity index (χ0v) is 7.63. The average molecular weight is 176 g/mol. The number of aryl methyl sites for hydroxylation is 3. The van der Waals surface area contributed by atoms with E-state index >= 15 is 0 Å². The number of nitrogens with two attached hydrogens (primary N) is 1. The minimum atomic E-state index is -0.375. The van der Waals surface area contributed by atoms with Crippen molar-refractivity contribution < 1.29 is 4.79 Å². The molecule has 3 nitrogen and oxygen atoms in total. The van der Waals surface area contributed by atoms with Crippen molar-refractivity contribution in [2.75, 3.05) is 0 Å². The molecule has 13 heavy (non-hydrogen) atoms. The van der Waals surface area contributed by atoms with Gasteiger partial charge in [-0.2, -0.15) is 0 Å². The molecule has 68 valence electrons. The molecule has 0 aromatic carbocycles. The molecule has 0 radical (unpaired) electrons. The number of fused-ring (bicyclic) bond motifs is 1. The normalized spacial score (nSPS) is 14.2. The predicted octanol–water partition coefficient (Wildman–Crippen LogP) is 0.978. The van der Waals surface area contributed by atoms with Gasteiger partial charge in [0.2, 0.25) is 0 Å². The van der Waals surface area contributed by atoms with Crippen LogP contribution in [0.25, 0.3) is 0 Å². The van der Waals surface area contributed by atoms with E-state index in [1.165, 1.54) is 5.56 Å². The van der Waals surface area contributed by atoms with E-state index in [0.29, 0.717) is 5.56 Å². The molecule has 2 rings (SSSR count). The lowest BCUT2D eigenvalue weighted by atomic mass is 10.1. The Morgan fingerprint density at radius 3 is 3.00 bits per heavy atom. The summed E-state index contributed by atoms with van der Waals surface area (Å²) < 4.78 is 0. The number of amides is 1. The zero-order chi connectivity index (χ0) is 9.42. The number of carbonyl (C=O) groups is 1. The molecule has 3 heteroatoms. The Labute approximate surface area is 77.0 Å². The van der Waals surface area contributed by atoms with Crippen LogP contribution in [0.1, 0.15) is 33.7 Å². The van der Waals surface area contributed by atoms with Gasteiger partial charge < -0.3 is 5.73 Å². The van der Waals surface area contributed by atoms with Gasteiger partial charge in [0, 0.05) is 5.69 Å². The number of aromatic nitrogens is 1. The molecule has 1 aromatic rings. The number of pyridine rings is 1. The van der Waals surface area contributed by atoms with E-state index in [-0.39, 0.29) is 5.91 Å². The van der Waals surface area contributed by atoms with Crippen molar-refractivity contribution >= 4 is 5.91 Å². The molecule has 2 N–H and O–H groups in total. The van der Waals surface area contributed by atoms with Crippen LogP contribution >= 0.6 is 0 Å². The Morgan fingerprint density at radius 2 is 2.31 bits per heavy atom. The third-order valence-corrected chi connectivity index (χ3v) is 2.51. The van der Waals surface area contributed by atoms with Crippen molar-refractivity contribution in [2.45, 2.75) is 26.2 Å². The summed E-state index contributed by atoms with van der Waals surface area (Å²) in [7, 11) is 0. The van der Waals surface area contributed by atoms with Gasteiger partial charge >= 0.3 is 0 Å². The van der Waals surface area contributed by atoms with Gasteiger partial charge in [-0.3, -0.25) is 9.78 Å². The first-order valence-corrected chi connectivity index (χ1v) is 4.47. The van der Waals surface area contributed by atoms with E-state index in [1.807, 2.05) is 13.0 Å². The Morgan fingerprint density at radius 1 is 1.54 bits per heavy atom. The number of carbonyl (C=O) groups excluding carboxylic acids is 1. The van der Waals surface area contributed by atoms with Crippen LogP contribution < -0.4 is 5.73 Å². The van der Waals surface area contributed by atoms with E-state index in [2.05, 4.69) is 4.98 Å². The van der Waals surface area contributed by atoms with Gasteiger partial charge in [0.05, 0.1) is 11.3 Å². The van der Waals surface area contributed by atoms with Crippen LogP contribution in [0.3, 0.4) is 0 Å². The summed E-state index contributed by atoms with van der Waals surface area (Å²) in [5.41, 5.74) is 8.89. The molecule has 0 atom stereocenters. The van der Waals surface area contributed by atoms with Crippen molar-refractivity contribution in [1.29, 1.82) is 0 Å². The highest BCUT2D eigenvalue weighted by Gasteiger charge is 2.16. The molecule has 1 amide bonds. The third-order valence-electron chi connectivity index (χ3n) is 2.51. The maximum atomic E-state index is 11.0. The molecule has 1 aliphatic carbocycles. The van der Waals surface area contributed by atoms with E-state index in [9.17, 15) is 4.79 Å². The molecule has 0 fully saturated rings. The second-order valence-electron chi connectivity index (χ2n) is 3.44. The van der Waals surface area contributed by atoms with E-state index < -0.39 is 0 Å². The molecular weight excluding hydrogens is 164 g/mol. The molecule has 0 aliphatic heterocycles. The van der Waals surface area contributed by atoms with Gasteiger partial charge in [-0.15, -0.1) is 0 Å². The zero-order valence-electron chi connectivity index (χ0n) is 7.63. The van der Waals surface area contributed by atoms with Crippen LogP contribution in [0.15, 0.2) is 6.07 Å². The quantitative estimate of drug-likeness (QED) is 0.693. The summed E-state index contributed by atoms with van der Waals surface area (Å²) in [6.45, 7) is 1.83. The number of hydrogen-bond acceptors (Lipinski definition) is 2. The summed E-state index contributed by atoms with van der Waals surface area (Å²) in [5, 5.41) is 0. The Kier molecular flexibility index (Phi) is 1.79. The van der Waals surface area contributed by atoms with Gasteiger partial charge in [-0.1, -0.05) is 0 Å². The van der Waals surface area contributed by atoms with Gasteiger partial charge in [0.15, 0.2) is 0 Å². The number of nitrogens with zero attached hydrogens (tertiary/aromatic N) is 1. The topological polar surface area (TPSA) is 56.0 Å². The third kappa shape index (κ3) is 1.30. The minimum Gasteiger partial charge on any atom is -0.366 e. The number of hydrogen-bond donors (Lipinski definition) is 1. The first-order valence-electron chi connectivity index (χ1n) is 4.47. The molecular formula is C10H12N2O. The molecule has 0 unspecified atom stereocenters. The SMILES string of the molecule is Cc1nc2c(cc1C(N)=O)CCC2. The monoisotopic (exact) mass is 176 g/mol. The van der Waals surface area contributed by atoms with Gasteiger partial charge in [0.25, 0.3) is 5.91 Å². The maximum Gasteiger partial charge on any atom is 0.250 e. The first kappa shape index (κ1) is 8.23. The highest BCUT2D eigenvalue weighted by atomic mass is 16.1. The van der Waals surface area contributed by atoms with Crippen LogP contribution in [-0.4, -0.2) is 10.9 Å². The van der Waals surface area contributed by atoms with Crippen molar-refractivity contribution in [2.24, 2.45) is 5.73 Å². The average Bonchev–Trinajstić information content (AvgIpc) is 2.48. The fourth-order valence-electron chi connectivity index (χ4n) is 1.83. The van der Waals surface area contributed by atoms with Crippen LogP contribution in [0.2, 0.25) is 0 Å². The predicted molar refractivity (Wildman–Crippen MR) is 49.5 cm³/mol. The number of rotatable bonds is 1. The van der Waals surface area contributed by atoms with Crippen LogP contribution in [0.4, 0.5) is 0 Å². The summed E-state index contributed by atoms with van der Waals surface area (Å²) in [6.07, 6.45) is 3.21. The molecule has 0 bridgehead atoms. The Bertz CT molecular complexity index is 371. The lowest BCUT2D eigenvalue weighted by Crippen LogP contribution is -2.14. The van der Waals surface area contributed by atoms with Gasteiger partial charge in [0.1, 0.15) is 0 Å². The largest absolute Gasteiger partial charge is 0.366 e. The summed E-state index contributed by atoms with van der Waals surface area (Å²) in [5.74, 6) is -0.375. The van der Waals surface area contributed by atoms with E-state index in [1.54, 1.807) is 0 Å². The lowest BCUT2D eigenvalue weighted by Gasteiger charge is -2.04. The molecule has 0 saturated heterocycles. The molecule has 1 aromatic heterocycles. The van der Waals surface area contributed by atoms with Crippen LogP contribution in [-0.2, 0) is 12.8 Å². The Balaban J connectivity index is 2.55. The second-order valence-corrected chi connectivity index (χ2v) is 3.44.